The predicted octanol–water partition coefficient (Wildman–Crippen LogP) is 3.68. The summed E-state index contributed by atoms with van der Waals surface area (Å²) in [6.07, 6.45) is 0. The molecule has 6 heteroatoms. The van der Waals surface area contributed by atoms with Gasteiger partial charge in [0.1, 0.15) is 11.5 Å². The van der Waals surface area contributed by atoms with Crippen LogP contribution in [0.1, 0.15) is 5.56 Å². The normalized spacial score (nSPS) is 9.95. The Morgan fingerprint density at radius 1 is 1.09 bits per heavy atom. The van der Waals surface area contributed by atoms with Crippen LogP contribution in [0, 0.1) is 0 Å². The number of methoxy groups -OCH3 is 2. The fraction of sp³-hybridized carbons (Fsp3) is 0.188. The summed E-state index contributed by atoms with van der Waals surface area (Å²) < 4.78 is 10.3. The summed E-state index contributed by atoms with van der Waals surface area (Å²) >= 11 is 6.04. The zero-order chi connectivity index (χ0) is 15.9. The minimum absolute atomic E-state index is 0.338. The van der Waals surface area contributed by atoms with Crippen molar-refractivity contribution in [2.75, 3.05) is 19.5 Å². The number of ether oxygens (including phenoxy) is 2. The number of carbonyl (C=O) groups excluding carboxylic acids is 1. The van der Waals surface area contributed by atoms with Gasteiger partial charge in [-0.15, -0.1) is 0 Å². The fourth-order valence-corrected chi connectivity index (χ4v) is 2.07. The van der Waals surface area contributed by atoms with Crippen LogP contribution in [0.2, 0.25) is 5.02 Å². The van der Waals surface area contributed by atoms with Crippen molar-refractivity contribution in [3.05, 3.63) is 53.1 Å². The second-order valence-electron chi connectivity index (χ2n) is 4.50. The van der Waals surface area contributed by atoms with E-state index >= 15 is 0 Å². The lowest BCUT2D eigenvalue weighted by Crippen LogP contribution is -2.28. The first-order valence-corrected chi connectivity index (χ1v) is 7.01. The van der Waals surface area contributed by atoms with E-state index in [1.165, 1.54) is 0 Å². The molecule has 2 aromatic carbocycles. The van der Waals surface area contributed by atoms with Gasteiger partial charge in [-0.1, -0.05) is 29.8 Å². The number of amides is 2. The van der Waals surface area contributed by atoms with Gasteiger partial charge in [-0.2, -0.15) is 0 Å². The van der Waals surface area contributed by atoms with Gasteiger partial charge in [0.25, 0.3) is 0 Å². The molecule has 0 unspecified atom stereocenters. The van der Waals surface area contributed by atoms with Crippen molar-refractivity contribution in [1.82, 2.24) is 5.32 Å². The topological polar surface area (TPSA) is 59.6 Å². The van der Waals surface area contributed by atoms with E-state index < -0.39 is 0 Å². The second-order valence-corrected chi connectivity index (χ2v) is 4.91. The number of carbonyl (C=O) groups is 1. The molecule has 2 aromatic rings. The van der Waals surface area contributed by atoms with Gasteiger partial charge in [0, 0.05) is 35.5 Å². The Kier molecular flexibility index (Phi) is 5.49. The highest BCUT2D eigenvalue weighted by molar-refractivity contribution is 6.31. The summed E-state index contributed by atoms with van der Waals surface area (Å²) in [5, 5.41) is 6.09. The lowest BCUT2D eigenvalue weighted by molar-refractivity contribution is 0.251. The quantitative estimate of drug-likeness (QED) is 0.883. The average molecular weight is 321 g/mol. The van der Waals surface area contributed by atoms with Crippen LogP contribution in [-0.4, -0.2) is 20.3 Å². The summed E-state index contributed by atoms with van der Waals surface area (Å²) in [7, 11) is 3.10. The number of anilines is 1. The Hall–Kier alpha value is -2.40. The minimum Gasteiger partial charge on any atom is -0.497 e. The van der Waals surface area contributed by atoms with E-state index in [-0.39, 0.29) is 6.03 Å². The van der Waals surface area contributed by atoms with Crippen LogP contribution in [0.3, 0.4) is 0 Å². The molecule has 0 heterocycles. The van der Waals surface area contributed by atoms with Crippen molar-refractivity contribution in [2.45, 2.75) is 6.54 Å². The van der Waals surface area contributed by atoms with Crippen LogP contribution >= 0.6 is 11.6 Å². The first kappa shape index (κ1) is 16.0. The van der Waals surface area contributed by atoms with Gasteiger partial charge < -0.3 is 20.1 Å². The Morgan fingerprint density at radius 2 is 1.73 bits per heavy atom. The molecule has 0 radical (unpaired) electrons. The Bertz CT molecular complexity index is 639. The Balaban J connectivity index is 1.98. The number of rotatable bonds is 5. The standard InChI is InChI=1S/C16H17ClN2O3/c1-21-13-7-12(8-14(9-13)22-2)19-16(20)18-10-11-5-3-4-6-15(11)17/h3-9H,10H2,1-2H3,(H2,18,19,20). The van der Waals surface area contributed by atoms with Crippen LogP contribution in [0.5, 0.6) is 11.5 Å². The van der Waals surface area contributed by atoms with Crippen molar-refractivity contribution in [2.24, 2.45) is 0 Å². The van der Waals surface area contributed by atoms with Crippen LogP contribution in [0.25, 0.3) is 0 Å². The summed E-state index contributed by atoms with van der Waals surface area (Å²) in [4.78, 5) is 11.9. The number of urea groups is 1. The highest BCUT2D eigenvalue weighted by Crippen LogP contribution is 2.25. The number of benzene rings is 2. The monoisotopic (exact) mass is 320 g/mol. The number of halogens is 1. The van der Waals surface area contributed by atoms with E-state index in [9.17, 15) is 4.79 Å². The smallest absolute Gasteiger partial charge is 0.319 e. The lowest BCUT2D eigenvalue weighted by atomic mass is 10.2. The third kappa shape index (κ3) is 4.30. The molecule has 0 spiro atoms. The molecular weight excluding hydrogens is 304 g/mol. The van der Waals surface area contributed by atoms with Crippen LogP contribution in [-0.2, 0) is 6.54 Å². The van der Waals surface area contributed by atoms with Crippen LogP contribution in [0.15, 0.2) is 42.5 Å². The Morgan fingerprint density at radius 3 is 2.32 bits per heavy atom. The molecule has 2 rings (SSSR count). The van der Waals surface area contributed by atoms with E-state index in [1.54, 1.807) is 38.5 Å². The molecule has 2 N–H and O–H groups in total. The third-order valence-corrected chi connectivity index (χ3v) is 3.38. The van der Waals surface area contributed by atoms with E-state index in [4.69, 9.17) is 21.1 Å². The number of hydrogen-bond donors (Lipinski definition) is 2. The van der Waals surface area contributed by atoms with Gasteiger partial charge in [-0.05, 0) is 11.6 Å². The molecule has 0 atom stereocenters. The largest absolute Gasteiger partial charge is 0.497 e. The molecule has 0 bridgehead atoms. The van der Waals surface area contributed by atoms with Gasteiger partial charge in [-0.25, -0.2) is 4.79 Å². The zero-order valence-electron chi connectivity index (χ0n) is 12.4. The lowest BCUT2D eigenvalue weighted by Gasteiger charge is -2.11. The minimum atomic E-state index is -0.338. The van der Waals surface area contributed by atoms with Crippen molar-refractivity contribution >= 4 is 23.3 Å². The van der Waals surface area contributed by atoms with Crippen molar-refractivity contribution in [1.29, 1.82) is 0 Å². The molecule has 0 fully saturated rings. The van der Waals surface area contributed by atoms with Gasteiger partial charge in [0.05, 0.1) is 14.2 Å². The van der Waals surface area contributed by atoms with Gasteiger partial charge >= 0.3 is 6.03 Å². The average Bonchev–Trinajstić information content (AvgIpc) is 2.53. The second kappa shape index (κ2) is 7.56. The first-order chi connectivity index (χ1) is 10.6. The summed E-state index contributed by atoms with van der Waals surface area (Å²) in [6.45, 7) is 0.340. The maximum absolute atomic E-state index is 11.9. The first-order valence-electron chi connectivity index (χ1n) is 6.63. The van der Waals surface area contributed by atoms with Crippen molar-refractivity contribution < 1.29 is 14.3 Å². The molecule has 0 aliphatic heterocycles. The molecule has 0 aliphatic rings. The van der Waals surface area contributed by atoms with E-state index in [1.807, 2.05) is 18.2 Å². The summed E-state index contributed by atoms with van der Waals surface area (Å²) in [5.41, 5.74) is 1.43. The Labute approximate surface area is 134 Å². The third-order valence-electron chi connectivity index (χ3n) is 3.01. The fourth-order valence-electron chi connectivity index (χ4n) is 1.87. The molecular formula is C16H17ClN2O3. The SMILES string of the molecule is COc1cc(NC(=O)NCc2ccccc2Cl)cc(OC)c1. The predicted molar refractivity (Wildman–Crippen MR) is 86.9 cm³/mol. The van der Waals surface area contributed by atoms with Crippen LogP contribution < -0.4 is 20.1 Å². The van der Waals surface area contributed by atoms with E-state index in [0.29, 0.717) is 28.8 Å². The van der Waals surface area contributed by atoms with E-state index in [0.717, 1.165) is 5.56 Å². The molecule has 0 saturated carbocycles. The van der Waals surface area contributed by atoms with Gasteiger partial charge in [0.15, 0.2) is 0 Å². The van der Waals surface area contributed by atoms with Crippen molar-refractivity contribution in [3.8, 4) is 11.5 Å². The number of hydrogen-bond acceptors (Lipinski definition) is 3. The molecule has 116 valence electrons. The highest BCUT2D eigenvalue weighted by atomic mass is 35.5. The van der Waals surface area contributed by atoms with Gasteiger partial charge in [0.2, 0.25) is 0 Å². The molecule has 0 aromatic heterocycles. The summed E-state index contributed by atoms with van der Waals surface area (Å²) in [6, 6.07) is 12.2. The maximum Gasteiger partial charge on any atom is 0.319 e. The van der Waals surface area contributed by atoms with Crippen molar-refractivity contribution in [3.63, 3.8) is 0 Å². The van der Waals surface area contributed by atoms with E-state index in [2.05, 4.69) is 10.6 Å². The highest BCUT2D eigenvalue weighted by Gasteiger charge is 2.07. The molecule has 22 heavy (non-hydrogen) atoms. The molecule has 5 nitrogen and oxygen atoms in total. The molecule has 0 aliphatic carbocycles. The van der Waals surface area contributed by atoms with Gasteiger partial charge in [-0.3, -0.25) is 0 Å². The molecule has 2 amide bonds. The maximum atomic E-state index is 11.9. The molecule has 0 saturated heterocycles. The summed E-state index contributed by atoms with van der Waals surface area (Å²) in [5.74, 6) is 1.20. The van der Waals surface area contributed by atoms with Crippen LogP contribution in [0.4, 0.5) is 10.5 Å². The number of nitrogens with one attached hydrogen (secondary N) is 2. The zero-order valence-corrected chi connectivity index (χ0v) is 13.1.